The largest absolute Gasteiger partial charge is 0.501 e. The molecule has 0 aliphatic heterocycles. The Bertz CT molecular complexity index is 1020. The molecule has 0 fully saturated rings. The predicted octanol–water partition coefficient (Wildman–Crippen LogP) is 3.25. The van der Waals surface area contributed by atoms with Gasteiger partial charge in [0, 0.05) is 17.0 Å². The van der Waals surface area contributed by atoms with Gasteiger partial charge in [0.05, 0.1) is 31.4 Å². The van der Waals surface area contributed by atoms with Crippen molar-refractivity contribution in [2.24, 2.45) is 0 Å². The summed E-state index contributed by atoms with van der Waals surface area (Å²) in [5.41, 5.74) is 2.02. The van der Waals surface area contributed by atoms with Crippen LogP contribution in [-0.4, -0.2) is 35.8 Å². The van der Waals surface area contributed by atoms with Crippen molar-refractivity contribution in [2.45, 2.75) is 20.3 Å². The minimum atomic E-state index is -0.465. The second-order valence-corrected chi connectivity index (χ2v) is 6.09. The lowest BCUT2D eigenvalue weighted by Crippen LogP contribution is -2.31. The highest BCUT2D eigenvalue weighted by molar-refractivity contribution is 5.68. The van der Waals surface area contributed by atoms with E-state index in [2.05, 4.69) is 21.5 Å². The van der Waals surface area contributed by atoms with Gasteiger partial charge in [-0.15, -0.1) is 0 Å². The van der Waals surface area contributed by atoms with Crippen LogP contribution in [0.2, 0.25) is 0 Å². The molecule has 7 heteroatoms. The van der Waals surface area contributed by atoms with Crippen molar-refractivity contribution in [3.8, 4) is 5.88 Å². The third-order valence-corrected chi connectivity index (χ3v) is 3.99. The number of hydrogen-bond acceptors (Lipinski definition) is 5. The molecule has 0 atom stereocenters. The first kappa shape index (κ1) is 21.9. The van der Waals surface area contributed by atoms with E-state index >= 15 is 0 Å². The maximum Gasteiger partial charge on any atom is 0.224 e. The van der Waals surface area contributed by atoms with Crippen LogP contribution in [0.1, 0.15) is 30.3 Å². The second kappa shape index (κ2) is 10.8. The number of methoxy groups -OCH3 is 2. The topological polar surface area (TPSA) is 69.3 Å². The van der Waals surface area contributed by atoms with Crippen LogP contribution >= 0.6 is 0 Å². The predicted molar refractivity (Wildman–Crippen MR) is 113 cm³/mol. The van der Waals surface area contributed by atoms with Gasteiger partial charge in [0.2, 0.25) is 5.88 Å². The minimum Gasteiger partial charge on any atom is -0.501 e. The van der Waals surface area contributed by atoms with Gasteiger partial charge in [0.1, 0.15) is 18.4 Å². The SMILES string of the molecule is C=C(F)c1cc(C)[nH]c1/C=C\CCOc1ncnc(=C/C)/c1=C\C(=C\OC)OC. The highest BCUT2D eigenvalue weighted by atomic mass is 19.1. The number of nitrogens with zero attached hydrogens (tertiary/aromatic N) is 2. The van der Waals surface area contributed by atoms with E-state index in [0.717, 1.165) is 11.0 Å². The first-order valence-corrected chi connectivity index (χ1v) is 9.09. The molecule has 0 spiro atoms. The van der Waals surface area contributed by atoms with Gasteiger partial charge in [-0.25, -0.2) is 14.4 Å². The Labute approximate surface area is 169 Å². The van der Waals surface area contributed by atoms with Gasteiger partial charge in [-0.05, 0) is 38.5 Å². The molecule has 0 saturated carbocycles. The lowest BCUT2D eigenvalue weighted by molar-refractivity contribution is 0.266. The molecule has 2 heterocycles. The van der Waals surface area contributed by atoms with Gasteiger partial charge in [-0.2, -0.15) is 0 Å². The van der Waals surface area contributed by atoms with E-state index in [4.69, 9.17) is 14.2 Å². The number of nitrogens with one attached hydrogen (secondary N) is 1. The average Bonchev–Trinajstić information content (AvgIpc) is 3.08. The van der Waals surface area contributed by atoms with E-state index in [0.29, 0.717) is 41.1 Å². The van der Waals surface area contributed by atoms with Gasteiger partial charge >= 0.3 is 0 Å². The van der Waals surface area contributed by atoms with Crippen LogP contribution < -0.4 is 15.3 Å². The van der Waals surface area contributed by atoms with E-state index in [-0.39, 0.29) is 0 Å². The Morgan fingerprint density at radius 3 is 2.76 bits per heavy atom. The van der Waals surface area contributed by atoms with Crippen molar-refractivity contribution in [3.63, 3.8) is 0 Å². The van der Waals surface area contributed by atoms with E-state index < -0.39 is 5.83 Å². The van der Waals surface area contributed by atoms with Crippen molar-refractivity contribution >= 4 is 24.1 Å². The van der Waals surface area contributed by atoms with Gasteiger partial charge < -0.3 is 19.2 Å². The molecule has 0 saturated heterocycles. The van der Waals surface area contributed by atoms with Gasteiger partial charge in [-0.3, -0.25) is 0 Å². The zero-order valence-electron chi connectivity index (χ0n) is 17.2. The molecule has 0 bridgehead atoms. The monoisotopic (exact) mass is 399 g/mol. The molecule has 0 amide bonds. The summed E-state index contributed by atoms with van der Waals surface area (Å²) in [6.45, 7) is 7.50. The molecule has 0 aliphatic rings. The molecule has 0 radical (unpaired) electrons. The van der Waals surface area contributed by atoms with Crippen molar-refractivity contribution in [3.05, 3.63) is 64.6 Å². The number of ether oxygens (including phenoxy) is 3. The number of H-pyrrole nitrogens is 1. The fourth-order valence-corrected chi connectivity index (χ4v) is 2.66. The third kappa shape index (κ3) is 6.07. The fourth-order valence-electron chi connectivity index (χ4n) is 2.66. The number of aryl methyl sites for hydroxylation is 1. The number of allylic oxidation sites excluding steroid dienone is 1. The van der Waals surface area contributed by atoms with Crippen molar-refractivity contribution in [1.29, 1.82) is 0 Å². The molecule has 0 aromatic carbocycles. The molecule has 154 valence electrons. The van der Waals surface area contributed by atoms with Crippen LogP contribution in [-0.2, 0) is 9.47 Å². The Hall–Kier alpha value is -3.35. The molecular weight excluding hydrogens is 373 g/mol. The van der Waals surface area contributed by atoms with Crippen LogP contribution in [0.3, 0.4) is 0 Å². The van der Waals surface area contributed by atoms with Crippen LogP contribution in [0.25, 0.3) is 24.1 Å². The fraction of sp³-hybridized carbons (Fsp3) is 0.273. The number of halogens is 1. The van der Waals surface area contributed by atoms with Crippen molar-refractivity contribution in [2.75, 3.05) is 20.8 Å². The van der Waals surface area contributed by atoms with Crippen molar-refractivity contribution < 1.29 is 18.6 Å². The molecule has 1 N–H and O–H groups in total. The van der Waals surface area contributed by atoms with Crippen molar-refractivity contribution in [1.82, 2.24) is 15.0 Å². The van der Waals surface area contributed by atoms with Crippen LogP contribution in [0, 0.1) is 6.92 Å². The normalized spacial score (nSPS) is 13.2. The first-order valence-electron chi connectivity index (χ1n) is 9.09. The Morgan fingerprint density at radius 2 is 2.10 bits per heavy atom. The summed E-state index contributed by atoms with van der Waals surface area (Å²) in [5, 5.41) is 1.41. The van der Waals surface area contributed by atoms with E-state index in [1.165, 1.54) is 12.6 Å². The minimum absolute atomic E-state index is 0.388. The summed E-state index contributed by atoms with van der Waals surface area (Å²) in [7, 11) is 3.09. The van der Waals surface area contributed by atoms with Crippen LogP contribution in [0.5, 0.6) is 5.88 Å². The molecule has 29 heavy (non-hydrogen) atoms. The third-order valence-electron chi connectivity index (χ3n) is 3.99. The maximum atomic E-state index is 13.5. The van der Waals surface area contributed by atoms with Crippen LogP contribution in [0.15, 0.2) is 37.1 Å². The molecule has 0 unspecified atom stereocenters. The summed E-state index contributed by atoms with van der Waals surface area (Å²) in [5.74, 6) is 0.484. The number of rotatable bonds is 9. The highest BCUT2D eigenvalue weighted by Crippen LogP contribution is 2.21. The van der Waals surface area contributed by atoms with Crippen LogP contribution in [0.4, 0.5) is 4.39 Å². The second-order valence-electron chi connectivity index (χ2n) is 6.09. The molecule has 6 nitrogen and oxygen atoms in total. The lowest BCUT2D eigenvalue weighted by atomic mass is 10.2. The Kier molecular flexibility index (Phi) is 8.21. The number of hydrogen-bond donors (Lipinski definition) is 1. The Morgan fingerprint density at radius 1 is 1.31 bits per heavy atom. The molecule has 2 aromatic heterocycles. The van der Waals surface area contributed by atoms with Gasteiger partial charge in [0.15, 0.2) is 5.76 Å². The van der Waals surface area contributed by atoms with E-state index in [1.54, 1.807) is 26.4 Å². The standard InChI is InChI=1S/C22H26FN3O3/c1-6-20-19(12-17(28-5)13-27-4)22(25-14-24-20)29-10-8-7-9-21-18(16(3)23)11-15(2)26-21/h6-7,9,11-14,26H,3,8,10H2,1-2,4-5H3/b9-7-,17-13-,19-12+,20-6+. The summed E-state index contributed by atoms with van der Waals surface area (Å²) >= 11 is 0. The zero-order valence-corrected chi connectivity index (χ0v) is 17.2. The highest BCUT2D eigenvalue weighted by Gasteiger charge is 2.06. The van der Waals surface area contributed by atoms with E-state index in [1.807, 2.05) is 32.1 Å². The molecular formula is C22H26FN3O3. The summed E-state index contributed by atoms with van der Waals surface area (Å²) < 4.78 is 29.6. The quantitative estimate of drug-likeness (QED) is 0.518. The van der Waals surface area contributed by atoms with Gasteiger partial charge in [0.25, 0.3) is 0 Å². The first-order chi connectivity index (χ1) is 14.0. The summed E-state index contributed by atoms with van der Waals surface area (Å²) in [6, 6.07) is 1.73. The molecule has 2 aromatic rings. The Balaban J connectivity index is 2.15. The summed E-state index contributed by atoms with van der Waals surface area (Å²) in [4.78, 5) is 11.6. The number of aromatic amines is 1. The van der Waals surface area contributed by atoms with Gasteiger partial charge in [-0.1, -0.05) is 18.7 Å². The zero-order chi connectivity index (χ0) is 21.2. The number of aromatic nitrogens is 3. The maximum absolute atomic E-state index is 13.5. The summed E-state index contributed by atoms with van der Waals surface area (Å²) in [6.07, 6.45) is 10.9. The molecule has 2 rings (SSSR count). The smallest absolute Gasteiger partial charge is 0.224 e. The average molecular weight is 399 g/mol. The lowest BCUT2D eigenvalue weighted by Gasteiger charge is -2.06. The molecule has 0 aliphatic carbocycles. The van der Waals surface area contributed by atoms with E-state index in [9.17, 15) is 4.39 Å².